The van der Waals surface area contributed by atoms with Crippen LogP contribution in [0.4, 0.5) is 18.9 Å². The van der Waals surface area contributed by atoms with Crippen LogP contribution in [0.1, 0.15) is 17.0 Å². The Bertz CT molecular complexity index is 1480. The molecule has 0 spiro atoms. The van der Waals surface area contributed by atoms with Gasteiger partial charge in [0.2, 0.25) is 0 Å². The van der Waals surface area contributed by atoms with E-state index in [9.17, 15) is 22.8 Å². The van der Waals surface area contributed by atoms with Gasteiger partial charge in [-0.3, -0.25) is 4.79 Å². The maximum Gasteiger partial charge on any atom is 0.344 e. The standard InChI is InChI=1S/C25H16F3NO5/c1-32-13-8-6-12(7-9-13)29-24(30)23-18(15-10-11-16(26)21(28)20(15)27)19-22(34-23)14-4-2-3-5-17(14)33-25(19)31/h2-11,18,23H,1H3,(H,29,30). The molecular formula is C25H16F3NO5. The minimum Gasteiger partial charge on any atom is -0.497 e. The summed E-state index contributed by atoms with van der Waals surface area (Å²) >= 11 is 0. The lowest BCUT2D eigenvalue weighted by Gasteiger charge is -2.19. The SMILES string of the molecule is COc1ccc(NC(=O)C2Oc3c(c(=O)oc4ccccc34)C2c2ccc(F)c(F)c2F)cc1. The smallest absolute Gasteiger partial charge is 0.344 e. The fraction of sp³-hybridized carbons (Fsp3) is 0.120. The van der Waals surface area contributed by atoms with E-state index in [4.69, 9.17) is 13.9 Å². The van der Waals surface area contributed by atoms with Gasteiger partial charge in [0.15, 0.2) is 23.6 Å². The minimum absolute atomic E-state index is 0.0239. The second-order valence-electron chi connectivity index (χ2n) is 7.63. The summed E-state index contributed by atoms with van der Waals surface area (Å²) in [6.07, 6.45) is -1.47. The lowest BCUT2D eigenvalue weighted by molar-refractivity contribution is -0.122. The molecule has 2 atom stereocenters. The highest BCUT2D eigenvalue weighted by Crippen LogP contribution is 2.45. The number of nitrogens with one attached hydrogen (secondary N) is 1. The van der Waals surface area contributed by atoms with Crippen molar-refractivity contribution in [1.29, 1.82) is 0 Å². The van der Waals surface area contributed by atoms with Crippen LogP contribution < -0.4 is 20.4 Å². The number of hydrogen-bond acceptors (Lipinski definition) is 5. The number of methoxy groups -OCH3 is 1. The highest BCUT2D eigenvalue weighted by molar-refractivity contribution is 5.97. The molecule has 1 aromatic heterocycles. The van der Waals surface area contributed by atoms with Gasteiger partial charge in [-0.25, -0.2) is 18.0 Å². The number of anilines is 1. The zero-order chi connectivity index (χ0) is 24.0. The molecule has 2 unspecified atom stereocenters. The molecule has 0 bridgehead atoms. The van der Waals surface area contributed by atoms with Gasteiger partial charge in [0.05, 0.1) is 24.0 Å². The zero-order valence-corrected chi connectivity index (χ0v) is 17.6. The molecule has 1 aliphatic heterocycles. The third-order valence-electron chi connectivity index (χ3n) is 5.67. The lowest BCUT2D eigenvalue weighted by atomic mass is 9.87. The van der Waals surface area contributed by atoms with Crippen LogP contribution in [0.15, 0.2) is 69.9 Å². The predicted molar refractivity (Wildman–Crippen MR) is 117 cm³/mol. The number of carbonyl (C=O) groups excluding carboxylic acids is 1. The second kappa shape index (κ2) is 8.26. The van der Waals surface area contributed by atoms with Crippen LogP contribution in [0.2, 0.25) is 0 Å². The third kappa shape index (κ3) is 3.45. The fourth-order valence-corrected chi connectivity index (χ4v) is 4.07. The van der Waals surface area contributed by atoms with Crippen molar-refractivity contribution in [2.24, 2.45) is 0 Å². The molecule has 6 nitrogen and oxygen atoms in total. The summed E-state index contributed by atoms with van der Waals surface area (Å²) in [6, 6.07) is 14.6. The van der Waals surface area contributed by atoms with Gasteiger partial charge in [0.25, 0.3) is 5.91 Å². The van der Waals surface area contributed by atoms with Gasteiger partial charge in [-0.15, -0.1) is 0 Å². The van der Waals surface area contributed by atoms with Crippen LogP contribution in [-0.4, -0.2) is 19.1 Å². The van der Waals surface area contributed by atoms with E-state index in [-0.39, 0.29) is 16.9 Å². The van der Waals surface area contributed by atoms with Crippen molar-refractivity contribution >= 4 is 22.6 Å². The quantitative estimate of drug-likeness (QED) is 0.346. The number of amides is 1. The number of para-hydroxylation sites is 1. The Labute approximate surface area is 190 Å². The summed E-state index contributed by atoms with van der Waals surface area (Å²) in [6.45, 7) is 0. The Morgan fingerprint density at radius 2 is 1.71 bits per heavy atom. The molecule has 172 valence electrons. The van der Waals surface area contributed by atoms with E-state index >= 15 is 0 Å². The van der Waals surface area contributed by atoms with E-state index in [0.29, 0.717) is 16.8 Å². The number of fused-ring (bicyclic) bond motifs is 3. The summed E-state index contributed by atoms with van der Waals surface area (Å²) in [7, 11) is 1.49. The molecule has 0 fully saturated rings. The molecule has 2 heterocycles. The molecule has 0 saturated heterocycles. The Morgan fingerprint density at radius 1 is 0.971 bits per heavy atom. The maximum atomic E-state index is 14.9. The number of halogens is 3. The van der Waals surface area contributed by atoms with Gasteiger partial charge in [-0.05, 0) is 42.5 Å². The third-order valence-corrected chi connectivity index (χ3v) is 5.67. The van der Waals surface area contributed by atoms with E-state index in [1.165, 1.54) is 13.2 Å². The zero-order valence-electron chi connectivity index (χ0n) is 17.6. The van der Waals surface area contributed by atoms with Crippen LogP contribution in [-0.2, 0) is 4.79 Å². The Hall–Kier alpha value is -4.27. The van der Waals surface area contributed by atoms with Crippen molar-refractivity contribution in [1.82, 2.24) is 0 Å². The molecule has 3 aromatic carbocycles. The van der Waals surface area contributed by atoms with E-state index in [1.54, 1.807) is 42.5 Å². The summed E-state index contributed by atoms with van der Waals surface area (Å²) in [5, 5.41) is 3.02. The molecule has 4 aromatic rings. The van der Waals surface area contributed by atoms with Crippen LogP contribution in [0, 0.1) is 17.5 Å². The Kier molecular flexibility index (Phi) is 5.24. The normalized spacial score (nSPS) is 16.7. The monoisotopic (exact) mass is 467 g/mol. The highest BCUT2D eigenvalue weighted by atomic mass is 19.2. The Balaban J connectivity index is 1.64. The van der Waals surface area contributed by atoms with Crippen molar-refractivity contribution in [3.05, 3.63) is 99.7 Å². The van der Waals surface area contributed by atoms with E-state index < -0.39 is 46.6 Å². The number of benzene rings is 3. The number of hydrogen-bond donors (Lipinski definition) is 1. The van der Waals surface area contributed by atoms with Crippen molar-refractivity contribution < 1.29 is 31.9 Å². The van der Waals surface area contributed by atoms with Crippen molar-refractivity contribution in [2.75, 3.05) is 12.4 Å². The average molecular weight is 467 g/mol. The predicted octanol–water partition coefficient (Wildman–Crippen LogP) is 4.75. The van der Waals surface area contributed by atoms with Crippen LogP contribution in [0.25, 0.3) is 11.0 Å². The molecule has 1 amide bonds. The molecule has 34 heavy (non-hydrogen) atoms. The van der Waals surface area contributed by atoms with Crippen molar-refractivity contribution in [2.45, 2.75) is 12.0 Å². The number of carbonyl (C=O) groups is 1. The van der Waals surface area contributed by atoms with Crippen molar-refractivity contribution in [3.8, 4) is 11.5 Å². The first kappa shape index (κ1) is 21.6. The van der Waals surface area contributed by atoms with Crippen LogP contribution >= 0.6 is 0 Å². The first-order valence-corrected chi connectivity index (χ1v) is 10.2. The first-order chi connectivity index (χ1) is 16.4. The van der Waals surface area contributed by atoms with Gasteiger partial charge in [-0.1, -0.05) is 18.2 Å². The number of rotatable bonds is 4. The van der Waals surface area contributed by atoms with Gasteiger partial charge in [0, 0.05) is 11.3 Å². The Morgan fingerprint density at radius 3 is 2.44 bits per heavy atom. The van der Waals surface area contributed by atoms with E-state index in [0.717, 1.165) is 12.1 Å². The highest BCUT2D eigenvalue weighted by Gasteiger charge is 2.45. The second-order valence-corrected chi connectivity index (χ2v) is 7.63. The summed E-state index contributed by atoms with van der Waals surface area (Å²) in [5.41, 5.74) is -0.852. The maximum absolute atomic E-state index is 14.9. The molecule has 1 aliphatic rings. The first-order valence-electron chi connectivity index (χ1n) is 10.2. The van der Waals surface area contributed by atoms with E-state index in [2.05, 4.69) is 5.32 Å². The van der Waals surface area contributed by atoms with E-state index in [1.807, 2.05) is 0 Å². The molecule has 0 radical (unpaired) electrons. The minimum atomic E-state index is -1.72. The van der Waals surface area contributed by atoms with Gasteiger partial charge < -0.3 is 19.2 Å². The summed E-state index contributed by atoms with van der Waals surface area (Å²) in [5.74, 6) is -6.15. The van der Waals surface area contributed by atoms with Crippen LogP contribution in [0.5, 0.6) is 11.5 Å². The fourth-order valence-electron chi connectivity index (χ4n) is 4.07. The number of ether oxygens (including phenoxy) is 2. The van der Waals surface area contributed by atoms with Gasteiger partial charge in [0.1, 0.15) is 17.1 Å². The molecular weight excluding hydrogens is 451 g/mol. The molecule has 9 heteroatoms. The molecule has 0 saturated carbocycles. The molecule has 1 N–H and O–H groups in total. The van der Waals surface area contributed by atoms with Crippen molar-refractivity contribution in [3.63, 3.8) is 0 Å². The topological polar surface area (TPSA) is 77.8 Å². The average Bonchev–Trinajstić information content (AvgIpc) is 3.25. The lowest BCUT2D eigenvalue weighted by Crippen LogP contribution is -2.36. The molecule has 5 rings (SSSR count). The van der Waals surface area contributed by atoms with Crippen LogP contribution in [0.3, 0.4) is 0 Å². The molecule has 0 aliphatic carbocycles. The van der Waals surface area contributed by atoms with Gasteiger partial charge in [-0.2, -0.15) is 0 Å². The van der Waals surface area contributed by atoms with Gasteiger partial charge >= 0.3 is 5.63 Å². The summed E-state index contributed by atoms with van der Waals surface area (Å²) in [4.78, 5) is 26.1. The summed E-state index contributed by atoms with van der Waals surface area (Å²) < 4.78 is 58.9. The largest absolute Gasteiger partial charge is 0.497 e.